The number of hydrogen-bond donors (Lipinski definition) is 1. The van der Waals surface area contributed by atoms with E-state index in [-0.39, 0.29) is 51.7 Å². The summed E-state index contributed by atoms with van der Waals surface area (Å²) in [7, 11) is 0. The van der Waals surface area contributed by atoms with Gasteiger partial charge in [-0.1, -0.05) is 11.3 Å². The zero-order valence-electron chi connectivity index (χ0n) is 28.4. The number of Topliss-reactive ketones (excluding diaryl/α,β-unsaturated/α-hetero) is 2. The maximum absolute atomic E-state index is 15.1. The maximum atomic E-state index is 15.1. The quantitative estimate of drug-likeness (QED) is 0.0956. The molecule has 1 aliphatic rings. The Balaban J connectivity index is 1.44. The highest BCUT2D eigenvalue weighted by Crippen LogP contribution is 2.53. The zero-order chi connectivity index (χ0) is 39.9. The average Bonchev–Trinajstić information content (AvgIpc) is 3.76. The molecule has 5 aromatic rings. The Kier molecular flexibility index (Phi) is 10.5. The van der Waals surface area contributed by atoms with E-state index in [1.54, 1.807) is 6.20 Å². The summed E-state index contributed by atoms with van der Waals surface area (Å²) in [5.41, 5.74) is -6.22. The number of nitrogens with one attached hydrogen (secondary N) is 1. The van der Waals surface area contributed by atoms with Crippen LogP contribution in [0.25, 0.3) is 11.1 Å². The van der Waals surface area contributed by atoms with E-state index in [0.29, 0.717) is 6.07 Å². The van der Waals surface area contributed by atoms with Crippen molar-refractivity contribution < 1.29 is 53.5 Å². The Hall–Kier alpha value is -5.69. The number of benzene rings is 2. The molecule has 20 heteroatoms. The Bertz CT molecular complexity index is 2220. The van der Waals surface area contributed by atoms with Crippen molar-refractivity contribution in [1.29, 1.82) is 0 Å². The molecule has 0 fully saturated rings. The van der Waals surface area contributed by atoms with Gasteiger partial charge in [0.25, 0.3) is 11.8 Å². The molecule has 1 N–H and O–H groups in total. The Morgan fingerprint density at radius 3 is 2.35 bits per heavy atom. The molecule has 10 nitrogen and oxygen atoms in total. The molecule has 0 aliphatic heterocycles. The van der Waals surface area contributed by atoms with Crippen molar-refractivity contribution >= 4 is 17.5 Å². The number of fused-ring (bicyclic) bond motifs is 1. The molecule has 3 aromatic heterocycles. The highest BCUT2D eigenvalue weighted by atomic mass is 19.4. The second kappa shape index (κ2) is 14.9. The number of halogens is 10. The third-order valence-corrected chi connectivity index (χ3v) is 8.85. The molecule has 1 aliphatic carbocycles. The second-order valence-electron chi connectivity index (χ2n) is 12.9. The SMILES string of the molecule is CC(=O)c1cc(-c2cnc(NCCn3ccnn3)nc2[C@@H](CC(=O)Cn2nc(C(F)(F)F)c3c2C(F)(F)CCC3(F)F)Cc2cc(F)cc(F)c2)ccc1F. The molecule has 0 radical (unpaired) electrons. The Morgan fingerprint density at radius 1 is 0.982 bits per heavy atom. The van der Waals surface area contributed by atoms with Gasteiger partial charge in [-0.15, -0.1) is 5.10 Å². The van der Waals surface area contributed by atoms with Crippen molar-refractivity contribution in [3.05, 3.63) is 106 Å². The zero-order valence-corrected chi connectivity index (χ0v) is 28.4. The van der Waals surface area contributed by atoms with Gasteiger partial charge in [0.2, 0.25) is 5.95 Å². The van der Waals surface area contributed by atoms with E-state index in [2.05, 4.69) is 30.7 Å². The summed E-state index contributed by atoms with van der Waals surface area (Å²) in [4.78, 5) is 34.8. The first-order chi connectivity index (χ1) is 25.8. The number of ketones is 2. The van der Waals surface area contributed by atoms with E-state index in [4.69, 9.17) is 0 Å². The van der Waals surface area contributed by atoms with E-state index in [1.165, 1.54) is 29.2 Å². The van der Waals surface area contributed by atoms with Gasteiger partial charge in [-0.05, 0) is 48.7 Å². The highest BCUT2D eigenvalue weighted by molar-refractivity contribution is 5.95. The van der Waals surface area contributed by atoms with Gasteiger partial charge in [-0.2, -0.15) is 27.1 Å². The molecule has 0 bridgehead atoms. The van der Waals surface area contributed by atoms with Crippen molar-refractivity contribution in [3.63, 3.8) is 0 Å². The van der Waals surface area contributed by atoms with Crippen LogP contribution in [0.2, 0.25) is 0 Å². The third-order valence-electron chi connectivity index (χ3n) is 8.85. The van der Waals surface area contributed by atoms with Crippen LogP contribution in [0.3, 0.4) is 0 Å². The first-order valence-electron chi connectivity index (χ1n) is 16.5. The maximum Gasteiger partial charge on any atom is 0.435 e. The summed E-state index contributed by atoms with van der Waals surface area (Å²) in [5, 5.41) is 13.5. The first-order valence-corrected chi connectivity index (χ1v) is 16.5. The summed E-state index contributed by atoms with van der Waals surface area (Å²) in [6.45, 7) is 0.213. The van der Waals surface area contributed by atoms with Crippen LogP contribution in [0.1, 0.15) is 70.7 Å². The number of aromatic nitrogens is 7. The number of rotatable bonds is 13. The lowest BCUT2D eigenvalue weighted by molar-refractivity contribution is -0.149. The fraction of sp³-hybridized carbons (Fsp3) is 0.343. The minimum absolute atomic E-state index is 0.0360. The minimum atomic E-state index is -5.58. The molecule has 1 atom stereocenters. The van der Waals surface area contributed by atoms with Crippen LogP contribution >= 0.6 is 0 Å². The molecule has 0 saturated heterocycles. The number of nitrogens with zero attached hydrogens (tertiary/aromatic N) is 7. The fourth-order valence-electron chi connectivity index (χ4n) is 6.45. The van der Waals surface area contributed by atoms with Gasteiger partial charge in [-0.3, -0.25) is 19.0 Å². The highest BCUT2D eigenvalue weighted by Gasteiger charge is 2.57. The standard InChI is InChI=1S/C35H28F10N8O2/c1-18(54)25-14-20(2-3-27(25)38)26-16-47-32(46-6-8-52-9-7-48-51-52)49-29(26)21(10-19-11-22(36)15-23(37)12-19)13-24(55)17-53-31-28(30(50-53)35(43,44)45)33(39,40)4-5-34(31,41)42/h2-3,7,9,11-12,14-16,21H,4-6,8,10,13,17H2,1H3,(H,46,47,49)/t21-/m1/s1. The number of carbonyl (C=O) groups excluding carboxylic acids is 2. The van der Waals surface area contributed by atoms with Gasteiger partial charge >= 0.3 is 6.18 Å². The van der Waals surface area contributed by atoms with Crippen LogP contribution in [0, 0.1) is 17.5 Å². The lowest BCUT2D eigenvalue weighted by Gasteiger charge is -2.29. The average molecular weight is 783 g/mol. The molecule has 2 aromatic carbocycles. The summed E-state index contributed by atoms with van der Waals surface area (Å²) < 4.78 is 146. The van der Waals surface area contributed by atoms with Crippen LogP contribution in [-0.2, 0) is 42.3 Å². The summed E-state index contributed by atoms with van der Waals surface area (Å²) in [6.07, 6.45) is -5.61. The minimum Gasteiger partial charge on any atom is -0.352 e. The van der Waals surface area contributed by atoms with Crippen molar-refractivity contribution in [2.24, 2.45) is 0 Å². The van der Waals surface area contributed by atoms with E-state index < -0.39 is 102 Å². The molecular formula is C35H28F10N8O2. The van der Waals surface area contributed by atoms with Gasteiger partial charge in [-0.25, -0.2) is 31.9 Å². The third kappa shape index (κ3) is 8.51. The summed E-state index contributed by atoms with van der Waals surface area (Å²) in [5.74, 6) is -14.5. The number of alkyl halides is 7. The molecule has 6 rings (SSSR count). The van der Waals surface area contributed by atoms with Crippen LogP contribution in [0.4, 0.5) is 49.9 Å². The summed E-state index contributed by atoms with van der Waals surface area (Å²) in [6, 6.07) is 5.87. The van der Waals surface area contributed by atoms with Crippen LogP contribution in [-0.4, -0.2) is 52.9 Å². The van der Waals surface area contributed by atoms with Crippen molar-refractivity contribution in [2.75, 3.05) is 11.9 Å². The van der Waals surface area contributed by atoms with Crippen LogP contribution in [0.5, 0.6) is 0 Å². The second-order valence-corrected chi connectivity index (χ2v) is 12.9. The number of hydrogen-bond acceptors (Lipinski definition) is 8. The lowest BCUT2D eigenvalue weighted by Crippen LogP contribution is -2.34. The van der Waals surface area contributed by atoms with Crippen molar-refractivity contribution in [3.8, 4) is 11.1 Å². The van der Waals surface area contributed by atoms with Crippen LogP contribution in [0.15, 0.2) is 55.0 Å². The van der Waals surface area contributed by atoms with Gasteiger partial charge in [0, 0.05) is 55.7 Å². The summed E-state index contributed by atoms with van der Waals surface area (Å²) >= 11 is 0. The molecule has 290 valence electrons. The molecule has 0 unspecified atom stereocenters. The monoisotopic (exact) mass is 782 g/mol. The largest absolute Gasteiger partial charge is 0.435 e. The van der Waals surface area contributed by atoms with Crippen molar-refractivity contribution in [2.45, 2.75) is 69.6 Å². The smallest absolute Gasteiger partial charge is 0.352 e. The Labute approximate surface area is 304 Å². The van der Waals surface area contributed by atoms with Gasteiger partial charge < -0.3 is 5.32 Å². The Morgan fingerprint density at radius 2 is 1.69 bits per heavy atom. The molecular weight excluding hydrogens is 754 g/mol. The topological polar surface area (TPSA) is 120 Å². The number of carbonyl (C=O) groups is 2. The van der Waals surface area contributed by atoms with E-state index >= 15 is 8.78 Å². The molecule has 0 amide bonds. The van der Waals surface area contributed by atoms with E-state index in [0.717, 1.165) is 25.1 Å². The predicted octanol–water partition coefficient (Wildman–Crippen LogP) is 7.65. The molecule has 55 heavy (non-hydrogen) atoms. The molecule has 3 heterocycles. The fourth-order valence-corrected chi connectivity index (χ4v) is 6.45. The van der Waals surface area contributed by atoms with E-state index in [1.807, 2.05) is 0 Å². The van der Waals surface area contributed by atoms with Gasteiger partial charge in [0.05, 0.1) is 29.6 Å². The van der Waals surface area contributed by atoms with Crippen LogP contribution < -0.4 is 5.32 Å². The number of anilines is 1. The van der Waals surface area contributed by atoms with E-state index in [9.17, 15) is 44.7 Å². The predicted molar refractivity (Wildman–Crippen MR) is 173 cm³/mol. The van der Waals surface area contributed by atoms with Crippen molar-refractivity contribution in [1.82, 2.24) is 34.7 Å². The normalized spacial score (nSPS) is 15.4. The van der Waals surface area contributed by atoms with Gasteiger partial charge in [0.1, 0.15) is 29.7 Å². The molecule has 0 saturated carbocycles. The molecule has 0 spiro atoms. The van der Waals surface area contributed by atoms with Gasteiger partial charge in [0.15, 0.2) is 17.3 Å². The first kappa shape index (κ1) is 39.0. The lowest BCUT2D eigenvalue weighted by atomic mass is 9.86.